The van der Waals surface area contributed by atoms with Gasteiger partial charge in [0.25, 0.3) is 0 Å². The quantitative estimate of drug-likeness (QED) is 0.0742. The van der Waals surface area contributed by atoms with Crippen LogP contribution in [0.2, 0.25) is 0 Å². The minimum absolute atomic E-state index is 0.309. The smallest absolute Gasteiger partial charge is 0.249 e. The Labute approximate surface area is 230 Å². The lowest BCUT2D eigenvalue weighted by Crippen LogP contribution is -2.49. The molecule has 0 rings (SSSR count). The molecule has 0 heterocycles. The second kappa shape index (κ2) is 28.4. The van der Waals surface area contributed by atoms with E-state index in [1.54, 1.807) is 0 Å². The van der Waals surface area contributed by atoms with Gasteiger partial charge in [-0.25, -0.2) is 0 Å². The molecule has 0 aromatic rings. The van der Waals surface area contributed by atoms with Crippen molar-refractivity contribution in [2.75, 3.05) is 6.61 Å². The Balaban J connectivity index is 3.71. The average molecular weight is 528 g/mol. The molecular weight excluding hydrogens is 462 g/mol. The highest BCUT2D eigenvalue weighted by molar-refractivity contribution is 5.80. The minimum Gasteiger partial charge on any atom is -0.394 e. The van der Waals surface area contributed by atoms with Crippen LogP contribution < -0.4 is 5.32 Å². The van der Waals surface area contributed by atoms with Gasteiger partial charge in [-0.2, -0.15) is 0 Å². The van der Waals surface area contributed by atoms with Crippen LogP contribution in [0.5, 0.6) is 0 Å². The summed E-state index contributed by atoms with van der Waals surface area (Å²) < 4.78 is 0. The van der Waals surface area contributed by atoms with Gasteiger partial charge in [0, 0.05) is 0 Å². The van der Waals surface area contributed by atoms with Gasteiger partial charge >= 0.3 is 0 Å². The number of aliphatic hydroxyl groups is 3. The maximum Gasteiger partial charge on any atom is 0.249 e. The summed E-state index contributed by atoms with van der Waals surface area (Å²) in [7, 11) is 0. The van der Waals surface area contributed by atoms with Crippen LogP contribution >= 0.6 is 0 Å². The maximum atomic E-state index is 12.3. The summed E-state index contributed by atoms with van der Waals surface area (Å²) in [6.07, 6.45) is 27.9. The first kappa shape index (κ1) is 36.4. The summed E-state index contributed by atoms with van der Waals surface area (Å²) in [5.41, 5.74) is 0. The average Bonchev–Trinajstić information content (AvgIpc) is 2.90. The molecule has 0 spiro atoms. The van der Waals surface area contributed by atoms with Crippen molar-refractivity contribution in [3.8, 4) is 0 Å². The highest BCUT2D eigenvalue weighted by atomic mass is 16.3. The topological polar surface area (TPSA) is 89.8 Å². The Bertz CT molecular complexity index is 474. The summed E-state index contributed by atoms with van der Waals surface area (Å²) in [5.74, 6) is -0.473. The molecule has 0 fully saturated rings. The predicted molar refractivity (Wildman–Crippen MR) is 158 cm³/mol. The Morgan fingerprint density at radius 3 is 1.22 bits per heavy atom. The molecule has 37 heavy (non-hydrogen) atoms. The zero-order valence-electron chi connectivity index (χ0n) is 24.9. The lowest BCUT2D eigenvalue weighted by atomic mass is 10.0. The molecule has 222 valence electrons. The lowest BCUT2D eigenvalue weighted by molar-refractivity contribution is -0.131. The van der Waals surface area contributed by atoms with Crippen LogP contribution in [0, 0.1) is 0 Å². The van der Waals surface area contributed by atoms with Gasteiger partial charge in [0.05, 0.1) is 18.8 Å². The molecular formula is C32H65NO4. The zero-order valence-corrected chi connectivity index (χ0v) is 24.9. The summed E-state index contributed by atoms with van der Waals surface area (Å²) in [6, 6.07) is -0.702. The van der Waals surface area contributed by atoms with E-state index in [2.05, 4.69) is 19.2 Å². The standard InChI is InChI=1S/C32H65NO4/c1-3-5-7-9-11-13-15-16-17-19-20-22-24-26-30(35)29(28-34)33-32(37)31(36)27-25-23-21-18-14-12-10-8-6-4-2/h29-31,34-36H,3-28H2,1-2H3,(H,33,37)/t29-,30+,31?/m0/s1. The van der Waals surface area contributed by atoms with Gasteiger partial charge in [-0.15, -0.1) is 0 Å². The summed E-state index contributed by atoms with van der Waals surface area (Å²) in [6.45, 7) is 4.19. The summed E-state index contributed by atoms with van der Waals surface area (Å²) in [5, 5.41) is 32.9. The van der Waals surface area contributed by atoms with E-state index in [0.29, 0.717) is 12.8 Å². The molecule has 0 aromatic heterocycles. The predicted octanol–water partition coefficient (Wildman–Crippen LogP) is 7.98. The first-order valence-corrected chi connectivity index (χ1v) is 16.3. The Morgan fingerprint density at radius 2 is 0.865 bits per heavy atom. The van der Waals surface area contributed by atoms with E-state index in [1.165, 1.54) is 116 Å². The van der Waals surface area contributed by atoms with Crippen LogP contribution in [0.1, 0.15) is 174 Å². The molecule has 5 nitrogen and oxygen atoms in total. The largest absolute Gasteiger partial charge is 0.394 e. The van der Waals surface area contributed by atoms with Crippen LogP contribution in [0.4, 0.5) is 0 Å². The van der Waals surface area contributed by atoms with Crippen molar-refractivity contribution in [1.82, 2.24) is 5.32 Å². The third-order valence-electron chi connectivity index (χ3n) is 7.73. The lowest BCUT2D eigenvalue weighted by Gasteiger charge is -2.23. The van der Waals surface area contributed by atoms with Crippen molar-refractivity contribution >= 4 is 5.91 Å². The number of rotatable bonds is 29. The number of unbranched alkanes of at least 4 members (excludes halogenated alkanes) is 21. The second-order valence-corrected chi connectivity index (χ2v) is 11.4. The van der Waals surface area contributed by atoms with Crippen LogP contribution in [-0.4, -0.2) is 46.1 Å². The van der Waals surface area contributed by atoms with Crippen molar-refractivity contribution in [2.45, 2.75) is 193 Å². The van der Waals surface area contributed by atoms with Gasteiger partial charge in [0.1, 0.15) is 6.10 Å². The maximum absolute atomic E-state index is 12.3. The van der Waals surface area contributed by atoms with Crippen LogP contribution in [0.3, 0.4) is 0 Å². The molecule has 0 aromatic carbocycles. The first-order valence-electron chi connectivity index (χ1n) is 16.3. The number of carbonyl (C=O) groups is 1. The van der Waals surface area contributed by atoms with Crippen molar-refractivity contribution in [3.05, 3.63) is 0 Å². The van der Waals surface area contributed by atoms with Gasteiger partial charge in [-0.3, -0.25) is 4.79 Å². The van der Waals surface area contributed by atoms with Crippen molar-refractivity contribution in [3.63, 3.8) is 0 Å². The molecule has 0 saturated heterocycles. The number of nitrogens with one attached hydrogen (secondary N) is 1. The van der Waals surface area contributed by atoms with Crippen molar-refractivity contribution < 1.29 is 20.1 Å². The molecule has 0 aliphatic carbocycles. The fourth-order valence-electron chi connectivity index (χ4n) is 5.07. The van der Waals surface area contributed by atoms with Gasteiger partial charge in [-0.1, -0.05) is 162 Å². The normalized spacial score (nSPS) is 14.0. The van der Waals surface area contributed by atoms with E-state index < -0.39 is 24.2 Å². The summed E-state index contributed by atoms with van der Waals surface area (Å²) >= 11 is 0. The number of carbonyl (C=O) groups excluding carboxylic acids is 1. The van der Waals surface area contributed by atoms with Crippen molar-refractivity contribution in [1.29, 1.82) is 0 Å². The van der Waals surface area contributed by atoms with Gasteiger partial charge in [-0.05, 0) is 12.8 Å². The monoisotopic (exact) mass is 527 g/mol. The SMILES string of the molecule is CCCCCCCCCCCCCCC[C@@H](O)[C@H](CO)NC(=O)C(O)CCCCCCCCCCCC. The molecule has 3 atom stereocenters. The third kappa shape index (κ3) is 24.1. The molecule has 4 N–H and O–H groups in total. The van der Waals surface area contributed by atoms with E-state index in [9.17, 15) is 20.1 Å². The molecule has 0 saturated carbocycles. The van der Waals surface area contributed by atoms with Crippen molar-refractivity contribution in [2.24, 2.45) is 0 Å². The van der Waals surface area contributed by atoms with E-state index in [1.807, 2.05) is 0 Å². The molecule has 0 aliphatic heterocycles. The highest BCUT2D eigenvalue weighted by Gasteiger charge is 2.23. The van der Waals surface area contributed by atoms with Gasteiger partial charge < -0.3 is 20.6 Å². The number of aliphatic hydroxyl groups excluding tert-OH is 3. The highest BCUT2D eigenvalue weighted by Crippen LogP contribution is 2.15. The van der Waals surface area contributed by atoms with Gasteiger partial charge in [0.15, 0.2) is 0 Å². The molecule has 0 bridgehead atoms. The zero-order chi connectivity index (χ0) is 27.4. The van der Waals surface area contributed by atoms with Crippen LogP contribution in [0.15, 0.2) is 0 Å². The third-order valence-corrected chi connectivity index (χ3v) is 7.73. The van der Waals surface area contributed by atoms with E-state index in [0.717, 1.165) is 32.1 Å². The molecule has 5 heteroatoms. The minimum atomic E-state index is -1.06. The second-order valence-electron chi connectivity index (χ2n) is 11.4. The van der Waals surface area contributed by atoms with Crippen LogP contribution in [0.25, 0.3) is 0 Å². The summed E-state index contributed by atoms with van der Waals surface area (Å²) in [4.78, 5) is 12.3. The van der Waals surface area contributed by atoms with Crippen LogP contribution in [-0.2, 0) is 4.79 Å². The fourth-order valence-corrected chi connectivity index (χ4v) is 5.07. The Kier molecular flexibility index (Phi) is 27.9. The number of hydrogen-bond acceptors (Lipinski definition) is 4. The first-order chi connectivity index (χ1) is 18.1. The molecule has 0 radical (unpaired) electrons. The molecule has 1 amide bonds. The number of hydrogen-bond donors (Lipinski definition) is 4. The van der Waals surface area contributed by atoms with E-state index in [4.69, 9.17) is 0 Å². The fraction of sp³-hybridized carbons (Fsp3) is 0.969. The Morgan fingerprint density at radius 1 is 0.541 bits per heavy atom. The van der Waals surface area contributed by atoms with Gasteiger partial charge in [0.2, 0.25) is 5.91 Å². The molecule has 0 aliphatic rings. The van der Waals surface area contributed by atoms with E-state index in [-0.39, 0.29) is 6.61 Å². The number of amides is 1. The van der Waals surface area contributed by atoms with E-state index >= 15 is 0 Å². The molecule has 1 unspecified atom stereocenters. The Hall–Kier alpha value is -0.650.